The zero-order valence-electron chi connectivity index (χ0n) is 13.7. The quantitative estimate of drug-likeness (QED) is 0.843. The Hall–Kier alpha value is -0.120. The minimum Gasteiger partial charge on any atom is -0.372 e. The molecule has 2 saturated heterocycles. The van der Waals surface area contributed by atoms with Crippen molar-refractivity contribution in [3.63, 3.8) is 0 Å². The van der Waals surface area contributed by atoms with E-state index >= 15 is 0 Å². The molecular formula is C18H32N2O. The molecule has 2 aliphatic heterocycles. The first-order chi connectivity index (χ1) is 10.2. The number of nitrogens with zero attached hydrogens (tertiary/aromatic N) is 1. The number of likely N-dealkylation sites (tertiary alicyclic amines) is 1. The summed E-state index contributed by atoms with van der Waals surface area (Å²) in [5.41, 5.74) is 0.548. The second-order valence-corrected chi connectivity index (χ2v) is 8.49. The van der Waals surface area contributed by atoms with Crippen LogP contribution in [0.4, 0.5) is 0 Å². The molecule has 3 heteroatoms. The monoisotopic (exact) mass is 292 g/mol. The first kappa shape index (κ1) is 14.5. The largest absolute Gasteiger partial charge is 0.372 e. The number of morpholine rings is 1. The molecule has 0 amide bonds. The molecule has 2 atom stereocenters. The second kappa shape index (κ2) is 5.82. The SMILES string of the molecule is CC1CCC(CNC2CC2)(CN2CC3CCC(C2)O3)CC1. The summed E-state index contributed by atoms with van der Waals surface area (Å²) >= 11 is 0. The molecule has 21 heavy (non-hydrogen) atoms. The molecule has 0 radical (unpaired) electrons. The molecule has 0 aromatic rings. The predicted molar refractivity (Wildman–Crippen MR) is 85.4 cm³/mol. The molecule has 4 fully saturated rings. The fraction of sp³-hybridized carbons (Fsp3) is 1.00. The Bertz CT molecular complexity index is 348. The van der Waals surface area contributed by atoms with Gasteiger partial charge in [-0.3, -0.25) is 4.90 Å². The van der Waals surface area contributed by atoms with Gasteiger partial charge in [-0.1, -0.05) is 19.8 Å². The lowest BCUT2D eigenvalue weighted by Crippen LogP contribution is -2.51. The Kier molecular flexibility index (Phi) is 4.01. The van der Waals surface area contributed by atoms with E-state index in [-0.39, 0.29) is 0 Å². The summed E-state index contributed by atoms with van der Waals surface area (Å²) in [6.45, 7) is 7.40. The van der Waals surface area contributed by atoms with Gasteiger partial charge in [0.05, 0.1) is 12.2 Å². The maximum Gasteiger partial charge on any atom is 0.0707 e. The number of fused-ring (bicyclic) bond motifs is 2. The van der Waals surface area contributed by atoms with Crippen molar-refractivity contribution in [2.24, 2.45) is 11.3 Å². The maximum atomic E-state index is 6.02. The average Bonchev–Trinajstić information content (AvgIpc) is 3.25. The van der Waals surface area contributed by atoms with E-state index in [2.05, 4.69) is 17.1 Å². The highest BCUT2D eigenvalue weighted by Crippen LogP contribution is 2.41. The third-order valence-corrected chi connectivity index (χ3v) is 6.36. The highest BCUT2D eigenvalue weighted by Gasteiger charge is 2.40. The van der Waals surface area contributed by atoms with E-state index in [1.54, 1.807) is 0 Å². The summed E-state index contributed by atoms with van der Waals surface area (Å²) in [6, 6.07) is 0.849. The lowest BCUT2D eigenvalue weighted by atomic mass is 9.70. The average molecular weight is 292 g/mol. The highest BCUT2D eigenvalue weighted by molar-refractivity contribution is 4.95. The predicted octanol–water partition coefficient (Wildman–Crippen LogP) is 2.80. The van der Waals surface area contributed by atoms with Gasteiger partial charge in [0.2, 0.25) is 0 Å². The molecular weight excluding hydrogens is 260 g/mol. The van der Waals surface area contributed by atoms with Gasteiger partial charge in [0.25, 0.3) is 0 Å². The minimum absolute atomic E-state index is 0.541. The molecule has 3 nitrogen and oxygen atoms in total. The molecule has 1 N–H and O–H groups in total. The van der Waals surface area contributed by atoms with E-state index in [1.807, 2.05) is 0 Å². The van der Waals surface area contributed by atoms with Crippen molar-refractivity contribution in [3.8, 4) is 0 Å². The van der Waals surface area contributed by atoms with Crippen molar-refractivity contribution >= 4 is 0 Å². The van der Waals surface area contributed by atoms with Gasteiger partial charge in [-0.15, -0.1) is 0 Å². The van der Waals surface area contributed by atoms with Crippen LogP contribution in [0.1, 0.15) is 58.3 Å². The van der Waals surface area contributed by atoms with Crippen LogP contribution in [0, 0.1) is 11.3 Å². The van der Waals surface area contributed by atoms with Gasteiger partial charge >= 0.3 is 0 Å². The molecule has 0 aromatic carbocycles. The Morgan fingerprint density at radius 3 is 2.29 bits per heavy atom. The van der Waals surface area contributed by atoms with Crippen molar-refractivity contribution in [3.05, 3.63) is 0 Å². The van der Waals surface area contributed by atoms with Crippen LogP contribution in [0.15, 0.2) is 0 Å². The molecule has 2 aliphatic carbocycles. The van der Waals surface area contributed by atoms with E-state index in [4.69, 9.17) is 4.74 Å². The Labute approximate surface area is 129 Å². The van der Waals surface area contributed by atoms with E-state index in [0.717, 1.165) is 12.0 Å². The van der Waals surface area contributed by atoms with Gasteiger partial charge in [0.1, 0.15) is 0 Å². The van der Waals surface area contributed by atoms with E-state index in [9.17, 15) is 0 Å². The van der Waals surface area contributed by atoms with Crippen molar-refractivity contribution in [2.75, 3.05) is 26.2 Å². The third-order valence-electron chi connectivity index (χ3n) is 6.36. The van der Waals surface area contributed by atoms with Crippen molar-refractivity contribution < 1.29 is 4.74 Å². The number of nitrogens with one attached hydrogen (secondary N) is 1. The molecule has 0 aromatic heterocycles. The summed E-state index contributed by atoms with van der Waals surface area (Å²) in [6.07, 6.45) is 12.2. The van der Waals surface area contributed by atoms with Gasteiger partial charge in [0, 0.05) is 32.2 Å². The third kappa shape index (κ3) is 3.46. The van der Waals surface area contributed by atoms with Crippen LogP contribution in [0.2, 0.25) is 0 Å². The van der Waals surface area contributed by atoms with E-state index in [0.29, 0.717) is 17.6 Å². The molecule has 0 spiro atoms. The molecule has 2 unspecified atom stereocenters. The van der Waals surface area contributed by atoms with Crippen LogP contribution in [0.3, 0.4) is 0 Å². The molecule has 4 aliphatic rings. The molecule has 120 valence electrons. The van der Waals surface area contributed by atoms with Gasteiger partial charge < -0.3 is 10.1 Å². The van der Waals surface area contributed by atoms with Crippen LogP contribution in [-0.2, 0) is 4.74 Å². The fourth-order valence-corrected chi connectivity index (χ4v) is 4.72. The minimum atomic E-state index is 0.541. The summed E-state index contributed by atoms with van der Waals surface area (Å²) in [5, 5.41) is 3.85. The van der Waals surface area contributed by atoms with Crippen LogP contribution < -0.4 is 5.32 Å². The first-order valence-electron chi connectivity index (χ1n) is 9.32. The second-order valence-electron chi connectivity index (χ2n) is 8.49. The lowest BCUT2D eigenvalue weighted by molar-refractivity contribution is -0.0554. The van der Waals surface area contributed by atoms with Crippen molar-refractivity contribution in [1.82, 2.24) is 10.2 Å². The zero-order valence-corrected chi connectivity index (χ0v) is 13.7. The highest BCUT2D eigenvalue weighted by atomic mass is 16.5. The van der Waals surface area contributed by atoms with Crippen LogP contribution in [0.25, 0.3) is 0 Å². The van der Waals surface area contributed by atoms with Crippen LogP contribution in [0.5, 0.6) is 0 Å². The summed E-state index contributed by atoms with van der Waals surface area (Å²) < 4.78 is 6.02. The van der Waals surface area contributed by atoms with Gasteiger partial charge in [-0.05, 0) is 49.9 Å². The molecule has 4 rings (SSSR count). The van der Waals surface area contributed by atoms with Crippen molar-refractivity contribution in [1.29, 1.82) is 0 Å². The standard InChI is InChI=1S/C18H32N2O/c1-14-6-8-18(9-7-14,12-19-15-2-3-15)13-20-10-16-4-5-17(11-20)21-16/h14-17,19H,2-13H2,1H3. The Balaban J connectivity index is 1.39. The molecule has 2 heterocycles. The smallest absolute Gasteiger partial charge is 0.0707 e. The number of rotatable bonds is 5. The number of hydrogen-bond acceptors (Lipinski definition) is 3. The van der Waals surface area contributed by atoms with Crippen LogP contribution >= 0.6 is 0 Å². The summed E-state index contributed by atoms with van der Waals surface area (Å²) in [4.78, 5) is 2.75. The van der Waals surface area contributed by atoms with Gasteiger partial charge in [0.15, 0.2) is 0 Å². The van der Waals surface area contributed by atoms with E-state index in [1.165, 1.54) is 77.5 Å². The summed E-state index contributed by atoms with van der Waals surface area (Å²) in [5.74, 6) is 0.944. The van der Waals surface area contributed by atoms with Gasteiger partial charge in [-0.25, -0.2) is 0 Å². The maximum absolute atomic E-state index is 6.02. The zero-order chi connectivity index (χ0) is 14.3. The Morgan fingerprint density at radius 2 is 1.67 bits per heavy atom. The molecule has 2 bridgehead atoms. The topological polar surface area (TPSA) is 24.5 Å². The van der Waals surface area contributed by atoms with Crippen molar-refractivity contribution in [2.45, 2.75) is 76.5 Å². The molecule has 2 saturated carbocycles. The van der Waals surface area contributed by atoms with Crippen LogP contribution in [-0.4, -0.2) is 49.3 Å². The Morgan fingerprint density at radius 1 is 1.00 bits per heavy atom. The van der Waals surface area contributed by atoms with E-state index < -0.39 is 0 Å². The lowest BCUT2D eigenvalue weighted by Gasteiger charge is -2.45. The number of ether oxygens (including phenoxy) is 1. The summed E-state index contributed by atoms with van der Waals surface area (Å²) in [7, 11) is 0. The van der Waals surface area contributed by atoms with Gasteiger partial charge in [-0.2, -0.15) is 0 Å². The first-order valence-corrected chi connectivity index (χ1v) is 9.32. The normalized spacial score (nSPS) is 44.1. The fourth-order valence-electron chi connectivity index (χ4n) is 4.72. The number of hydrogen-bond donors (Lipinski definition) is 1.